The smallest absolute Gasteiger partial charge is 0.0693 e. The highest BCUT2D eigenvalue weighted by atomic mass is 16.3. The van der Waals surface area contributed by atoms with Crippen molar-refractivity contribution in [2.45, 2.75) is 50.7 Å². The molecule has 1 aliphatic carbocycles. The monoisotopic (exact) mass is 289 g/mol. The van der Waals surface area contributed by atoms with Crippen molar-refractivity contribution in [3.63, 3.8) is 0 Å². The van der Waals surface area contributed by atoms with Gasteiger partial charge in [-0.3, -0.25) is 0 Å². The molecule has 0 saturated carbocycles. The molecule has 1 saturated heterocycles. The number of piperidine rings is 1. The summed E-state index contributed by atoms with van der Waals surface area (Å²) in [6, 6.07) is 8.44. The molecule has 2 aliphatic rings. The molecule has 1 aromatic carbocycles. The molecule has 0 aromatic heterocycles. The highest BCUT2D eigenvalue weighted by Gasteiger charge is 2.30. The van der Waals surface area contributed by atoms with Crippen LogP contribution in [0, 0.1) is 5.92 Å². The van der Waals surface area contributed by atoms with Crippen LogP contribution < -0.4 is 0 Å². The van der Waals surface area contributed by atoms with E-state index < -0.39 is 0 Å². The van der Waals surface area contributed by atoms with Gasteiger partial charge in [-0.05, 0) is 55.8 Å². The van der Waals surface area contributed by atoms with Crippen LogP contribution in [0.1, 0.15) is 43.2 Å². The van der Waals surface area contributed by atoms with Gasteiger partial charge in [0.05, 0.1) is 12.2 Å². The summed E-state index contributed by atoms with van der Waals surface area (Å²) in [5.74, 6) is 0.736. The van der Waals surface area contributed by atoms with Gasteiger partial charge in [0.2, 0.25) is 0 Å². The molecule has 0 bridgehead atoms. The third-order valence-corrected chi connectivity index (χ3v) is 5.34. The third kappa shape index (κ3) is 3.31. The van der Waals surface area contributed by atoms with Gasteiger partial charge >= 0.3 is 0 Å². The predicted molar refractivity (Wildman–Crippen MR) is 84.4 cm³/mol. The molecule has 0 amide bonds. The van der Waals surface area contributed by atoms with Crippen molar-refractivity contribution in [1.29, 1.82) is 0 Å². The van der Waals surface area contributed by atoms with E-state index in [1.807, 2.05) is 0 Å². The Morgan fingerprint density at radius 1 is 1.19 bits per heavy atom. The number of aliphatic hydroxyl groups excluding tert-OH is 2. The van der Waals surface area contributed by atoms with Gasteiger partial charge in [0, 0.05) is 12.5 Å². The highest BCUT2D eigenvalue weighted by Crippen LogP contribution is 2.36. The van der Waals surface area contributed by atoms with Crippen LogP contribution in [0.25, 0.3) is 0 Å². The molecule has 1 heterocycles. The number of fused-ring (bicyclic) bond motifs is 1. The molecule has 3 nitrogen and oxygen atoms in total. The summed E-state index contributed by atoms with van der Waals surface area (Å²) in [5, 5.41) is 20.2. The van der Waals surface area contributed by atoms with E-state index >= 15 is 0 Å². The Hall–Kier alpha value is -0.900. The maximum Gasteiger partial charge on any atom is 0.0693 e. The first-order valence-electron chi connectivity index (χ1n) is 8.31. The van der Waals surface area contributed by atoms with E-state index in [-0.39, 0.29) is 12.2 Å². The van der Waals surface area contributed by atoms with E-state index in [2.05, 4.69) is 36.1 Å². The molecule has 116 valence electrons. The number of β-amino-alcohol motifs (C(OH)–C–C–N with tert-alkyl or cyclic N) is 1. The lowest BCUT2D eigenvalue weighted by Gasteiger charge is -2.34. The van der Waals surface area contributed by atoms with Gasteiger partial charge in [-0.15, -0.1) is 0 Å². The van der Waals surface area contributed by atoms with Crippen molar-refractivity contribution in [2.24, 2.45) is 5.92 Å². The zero-order valence-corrected chi connectivity index (χ0v) is 12.9. The summed E-state index contributed by atoms with van der Waals surface area (Å²) in [7, 11) is 0. The zero-order valence-electron chi connectivity index (χ0n) is 12.9. The number of likely N-dealkylation sites (tertiary alicyclic amines) is 1. The normalized spacial score (nSPS) is 33.1. The minimum absolute atomic E-state index is 0.170. The molecule has 0 radical (unpaired) electrons. The Kier molecular flexibility index (Phi) is 4.63. The Morgan fingerprint density at radius 2 is 2.00 bits per heavy atom. The van der Waals surface area contributed by atoms with Gasteiger partial charge in [-0.1, -0.05) is 31.2 Å². The molecule has 1 aromatic rings. The molecule has 3 heteroatoms. The maximum atomic E-state index is 10.3. The standard InChI is InChI=1S/C18H27NO2/c1-13-8-10-19(12-18(13)21)9-4-7-16-15-6-3-2-5-14(15)11-17(16)20/h2-3,5-6,13,16-18,20-21H,4,7-12H2,1H3. The van der Waals surface area contributed by atoms with Crippen LogP contribution in [0.2, 0.25) is 0 Å². The van der Waals surface area contributed by atoms with Gasteiger partial charge in [0.15, 0.2) is 0 Å². The first-order valence-corrected chi connectivity index (χ1v) is 8.31. The second-order valence-corrected chi connectivity index (χ2v) is 6.85. The van der Waals surface area contributed by atoms with Crippen molar-refractivity contribution >= 4 is 0 Å². The van der Waals surface area contributed by atoms with Crippen LogP contribution in [0.15, 0.2) is 24.3 Å². The second kappa shape index (κ2) is 6.47. The fourth-order valence-electron chi connectivity index (χ4n) is 3.86. The van der Waals surface area contributed by atoms with E-state index in [9.17, 15) is 10.2 Å². The van der Waals surface area contributed by atoms with E-state index in [4.69, 9.17) is 0 Å². The number of benzene rings is 1. The van der Waals surface area contributed by atoms with Crippen molar-refractivity contribution in [3.8, 4) is 0 Å². The summed E-state index contributed by atoms with van der Waals surface area (Å²) in [5.41, 5.74) is 2.66. The molecule has 4 atom stereocenters. The van der Waals surface area contributed by atoms with E-state index in [1.54, 1.807) is 0 Å². The van der Waals surface area contributed by atoms with Crippen LogP contribution in [0.5, 0.6) is 0 Å². The second-order valence-electron chi connectivity index (χ2n) is 6.85. The minimum Gasteiger partial charge on any atom is -0.392 e. The lowest BCUT2D eigenvalue weighted by molar-refractivity contribution is 0.0279. The lowest BCUT2D eigenvalue weighted by atomic mass is 9.93. The van der Waals surface area contributed by atoms with Crippen molar-refractivity contribution in [1.82, 2.24) is 4.90 Å². The molecule has 21 heavy (non-hydrogen) atoms. The fourth-order valence-corrected chi connectivity index (χ4v) is 3.86. The van der Waals surface area contributed by atoms with Gasteiger partial charge in [0.1, 0.15) is 0 Å². The molecule has 4 unspecified atom stereocenters. The Bertz CT molecular complexity index is 476. The highest BCUT2D eigenvalue weighted by molar-refractivity contribution is 5.36. The van der Waals surface area contributed by atoms with Crippen molar-refractivity contribution < 1.29 is 10.2 Å². The van der Waals surface area contributed by atoms with Gasteiger partial charge in [0.25, 0.3) is 0 Å². The molecule has 1 fully saturated rings. The summed E-state index contributed by atoms with van der Waals surface area (Å²) in [6.45, 7) is 5.08. The molecular formula is C18H27NO2. The number of rotatable bonds is 4. The van der Waals surface area contributed by atoms with Gasteiger partial charge in [-0.2, -0.15) is 0 Å². The summed E-state index contributed by atoms with van der Waals surface area (Å²) < 4.78 is 0. The van der Waals surface area contributed by atoms with Gasteiger partial charge < -0.3 is 15.1 Å². The maximum absolute atomic E-state index is 10.3. The first kappa shape index (κ1) is 15.0. The van der Waals surface area contributed by atoms with Crippen molar-refractivity contribution in [2.75, 3.05) is 19.6 Å². The molecule has 0 spiro atoms. The van der Waals surface area contributed by atoms with Crippen LogP contribution in [0.3, 0.4) is 0 Å². The number of nitrogens with zero attached hydrogens (tertiary/aromatic N) is 1. The minimum atomic E-state index is -0.214. The SMILES string of the molecule is CC1CCN(CCCC2c3ccccc3CC2O)CC1O. The molecule has 2 N–H and O–H groups in total. The average molecular weight is 289 g/mol. The van der Waals surface area contributed by atoms with E-state index in [0.717, 1.165) is 45.3 Å². The Morgan fingerprint density at radius 3 is 2.81 bits per heavy atom. The molecule has 1 aliphatic heterocycles. The quantitative estimate of drug-likeness (QED) is 0.893. The Balaban J connectivity index is 1.50. The van der Waals surface area contributed by atoms with Gasteiger partial charge in [-0.25, -0.2) is 0 Å². The van der Waals surface area contributed by atoms with Crippen LogP contribution in [-0.2, 0) is 6.42 Å². The summed E-state index contributed by atoms with van der Waals surface area (Å²) in [6.07, 6.45) is 3.65. The lowest BCUT2D eigenvalue weighted by Crippen LogP contribution is -2.43. The predicted octanol–water partition coefficient (Wildman–Crippen LogP) is 2.17. The van der Waals surface area contributed by atoms with Crippen molar-refractivity contribution in [3.05, 3.63) is 35.4 Å². The van der Waals surface area contributed by atoms with E-state index in [0.29, 0.717) is 11.8 Å². The first-order chi connectivity index (χ1) is 10.1. The summed E-state index contributed by atoms with van der Waals surface area (Å²) >= 11 is 0. The van der Waals surface area contributed by atoms with Crippen LogP contribution in [-0.4, -0.2) is 47.0 Å². The topological polar surface area (TPSA) is 43.7 Å². The third-order valence-electron chi connectivity index (χ3n) is 5.34. The zero-order chi connectivity index (χ0) is 14.8. The fraction of sp³-hybridized carbons (Fsp3) is 0.667. The molecular weight excluding hydrogens is 262 g/mol. The average Bonchev–Trinajstić information content (AvgIpc) is 2.79. The van der Waals surface area contributed by atoms with E-state index in [1.165, 1.54) is 11.1 Å². The summed E-state index contributed by atoms with van der Waals surface area (Å²) in [4.78, 5) is 2.37. The largest absolute Gasteiger partial charge is 0.392 e. The number of hydrogen-bond acceptors (Lipinski definition) is 3. The number of aliphatic hydroxyl groups is 2. The van der Waals surface area contributed by atoms with Crippen LogP contribution in [0.4, 0.5) is 0 Å². The van der Waals surface area contributed by atoms with Crippen LogP contribution >= 0.6 is 0 Å². The Labute approximate surface area is 127 Å². The molecule has 3 rings (SSSR count). The number of hydrogen-bond donors (Lipinski definition) is 2.